The number of benzene rings is 1. The zero-order valence-corrected chi connectivity index (χ0v) is 11.5. The van der Waals surface area contributed by atoms with Gasteiger partial charge in [0.15, 0.2) is 0 Å². The SMILES string of the molecule is NC1CC2(C1)CN(S(=O)(=O)c1ccc([N+](=O)[O-])cc1)C2. The molecule has 1 aromatic rings. The molecule has 1 spiro atoms. The lowest BCUT2D eigenvalue weighted by atomic mass is 9.62. The minimum absolute atomic E-state index is 0.0767. The second-order valence-corrected chi connectivity index (χ2v) is 7.63. The van der Waals surface area contributed by atoms with Crippen LogP contribution in [0.4, 0.5) is 5.69 Å². The predicted octanol–water partition coefficient (Wildman–Crippen LogP) is 0.707. The van der Waals surface area contributed by atoms with Crippen molar-refractivity contribution in [2.24, 2.45) is 11.1 Å². The first-order valence-electron chi connectivity index (χ1n) is 6.33. The second kappa shape index (κ2) is 4.24. The molecule has 1 saturated carbocycles. The van der Waals surface area contributed by atoms with E-state index in [1.54, 1.807) is 0 Å². The van der Waals surface area contributed by atoms with Crippen LogP contribution in [0.5, 0.6) is 0 Å². The van der Waals surface area contributed by atoms with Crippen LogP contribution < -0.4 is 5.73 Å². The van der Waals surface area contributed by atoms with Crippen molar-refractivity contribution in [3.8, 4) is 0 Å². The number of nitrogens with two attached hydrogens (primary N) is 1. The summed E-state index contributed by atoms with van der Waals surface area (Å²) in [5.41, 5.74) is 5.70. The normalized spacial score (nSPS) is 22.2. The molecule has 0 amide bonds. The van der Waals surface area contributed by atoms with Crippen LogP contribution in [-0.4, -0.2) is 36.8 Å². The van der Waals surface area contributed by atoms with Crippen LogP contribution in [0.2, 0.25) is 0 Å². The zero-order valence-electron chi connectivity index (χ0n) is 10.7. The molecule has 20 heavy (non-hydrogen) atoms. The average molecular weight is 297 g/mol. The number of nitrogens with zero attached hydrogens (tertiary/aromatic N) is 2. The van der Waals surface area contributed by atoms with E-state index in [9.17, 15) is 18.5 Å². The molecular weight excluding hydrogens is 282 g/mol. The molecule has 0 aromatic heterocycles. The second-order valence-electron chi connectivity index (χ2n) is 5.69. The fraction of sp³-hybridized carbons (Fsp3) is 0.500. The standard InChI is InChI=1S/C12H15N3O4S/c13-9-5-12(6-9)7-14(8-12)20(18,19)11-3-1-10(2-4-11)15(16)17/h1-4,9H,5-8,13H2. The molecule has 0 bridgehead atoms. The van der Waals surface area contributed by atoms with Gasteiger partial charge in [0.05, 0.1) is 9.82 Å². The smallest absolute Gasteiger partial charge is 0.269 e. The van der Waals surface area contributed by atoms with E-state index in [1.165, 1.54) is 28.6 Å². The van der Waals surface area contributed by atoms with Gasteiger partial charge in [-0.3, -0.25) is 10.1 Å². The number of rotatable bonds is 3. The molecule has 2 aliphatic rings. The van der Waals surface area contributed by atoms with E-state index in [1.807, 2.05) is 0 Å². The minimum Gasteiger partial charge on any atom is -0.328 e. The Balaban J connectivity index is 1.74. The van der Waals surface area contributed by atoms with E-state index in [2.05, 4.69) is 0 Å². The Morgan fingerprint density at radius 2 is 1.80 bits per heavy atom. The Labute approximate surface area is 116 Å². The Kier molecular flexibility index (Phi) is 2.86. The summed E-state index contributed by atoms with van der Waals surface area (Å²) in [6.07, 6.45) is 1.75. The summed E-state index contributed by atoms with van der Waals surface area (Å²) in [5.74, 6) is 0. The van der Waals surface area contributed by atoms with Gasteiger partial charge in [0.1, 0.15) is 0 Å². The van der Waals surface area contributed by atoms with Crippen LogP contribution in [0, 0.1) is 15.5 Å². The topological polar surface area (TPSA) is 107 Å². The van der Waals surface area contributed by atoms with Crippen molar-refractivity contribution in [2.45, 2.75) is 23.8 Å². The van der Waals surface area contributed by atoms with Gasteiger partial charge in [0.25, 0.3) is 5.69 Å². The third kappa shape index (κ3) is 2.00. The van der Waals surface area contributed by atoms with Gasteiger partial charge < -0.3 is 5.73 Å². The van der Waals surface area contributed by atoms with E-state index in [0.717, 1.165) is 12.8 Å². The highest BCUT2D eigenvalue weighted by Crippen LogP contribution is 2.49. The van der Waals surface area contributed by atoms with Gasteiger partial charge in [0, 0.05) is 36.7 Å². The van der Waals surface area contributed by atoms with E-state index >= 15 is 0 Å². The summed E-state index contributed by atoms with van der Waals surface area (Å²) in [6.45, 7) is 1.00. The molecular formula is C12H15N3O4S. The summed E-state index contributed by atoms with van der Waals surface area (Å²) < 4.78 is 26.1. The van der Waals surface area contributed by atoms with E-state index < -0.39 is 14.9 Å². The van der Waals surface area contributed by atoms with Crippen molar-refractivity contribution in [2.75, 3.05) is 13.1 Å². The van der Waals surface area contributed by atoms with Gasteiger partial charge in [0.2, 0.25) is 10.0 Å². The van der Waals surface area contributed by atoms with E-state index in [4.69, 9.17) is 5.73 Å². The Hall–Kier alpha value is -1.51. The highest BCUT2D eigenvalue weighted by Gasteiger charge is 2.54. The van der Waals surface area contributed by atoms with Crippen molar-refractivity contribution in [1.82, 2.24) is 4.31 Å². The molecule has 1 aliphatic carbocycles. The summed E-state index contributed by atoms with van der Waals surface area (Å²) in [6, 6.07) is 5.18. The van der Waals surface area contributed by atoms with Gasteiger partial charge in [-0.25, -0.2) is 8.42 Å². The molecule has 1 aromatic carbocycles. The molecule has 1 saturated heterocycles. The van der Waals surface area contributed by atoms with Crippen molar-refractivity contribution < 1.29 is 13.3 Å². The molecule has 8 heteroatoms. The Bertz CT molecular complexity index is 642. The zero-order chi connectivity index (χ0) is 14.5. The molecule has 0 unspecified atom stereocenters. The van der Waals surface area contributed by atoms with Crippen molar-refractivity contribution in [3.05, 3.63) is 34.4 Å². The summed E-state index contributed by atoms with van der Waals surface area (Å²) in [4.78, 5) is 10.1. The number of nitro groups is 1. The fourth-order valence-electron chi connectivity index (χ4n) is 3.07. The largest absolute Gasteiger partial charge is 0.328 e. The molecule has 1 aliphatic heterocycles. The summed E-state index contributed by atoms with van der Waals surface area (Å²) >= 11 is 0. The molecule has 108 valence electrons. The summed E-state index contributed by atoms with van der Waals surface area (Å²) in [5, 5.41) is 10.6. The van der Waals surface area contributed by atoms with Gasteiger partial charge in [-0.05, 0) is 25.0 Å². The highest BCUT2D eigenvalue weighted by atomic mass is 32.2. The average Bonchev–Trinajstić information content (AvgIpc) is 2.31. The first-order chi connectivity index (χ1) is 9.32. The van der Waals surface area contributed by atoms with E-state index in [-0.39, 0.29) is 22.0 Å². The molecule has 0 radical (unpaired) electrons. The molecule has 2 fully saturated rings. The maximum absolute atomic E-state index is 12.3. The lowest BCUT2D eigenvalue weighted by Gasteiger charge is -2.57. The molecule has 7 nitrogen and oxygen atoms in total. The Morgan fingerprint density at radius 3 is 2.25 bits per heavy atom. The Morgan fingerprint density at radius 1 is 1.25 bits per heavy atom. The predicted molar refractivity (Wildman–Crippen MR) is 71.5 cm³/mol. The lowest BCUT2D eigenvalue weighted by Crippen LogP contribution is -2.66. The number of sulfonamides is 1. The van der Waals surface area contributed by atoms with Crippen molar-refractivity contribution in [1.29, 1.82) is 0 Å². The van der Waals surface area contributed by atoms with Crippen LogP contribution in [-0.2, 0) is 10.0 Å². The first kappa shape index (κ1) is 13.5. The third-order valence-corrected chi connectivity index (χ3v) is 5.91. The first-order valence-corrected chi connectivity index (χ1v) is 7.77. The number of hydrogen-bond donors (Lipinski definition) is 1. The summed E-state index contributed by atoms with van der Waals surface area (Å²) in [7, 11) is -3.54. The van der Waals surface area contributed by atoms with Gasteiger partial charge >= 0.3 is 0 Å². The van der Waals surface area contributed by atoms with Crippen molar-refractivity contribution in [3.63, 3.8) is 0 Å². The van der Waals surface area contributed by atoms with Crippen LogP contribution >= 0.6 is 0 Å². The fourth-order valence-corrected chi connectivity index (χ4v) is 4.74. The maximum atomic E-state index is 12.3. The van der Waals surface area contributed by atoms with Crippen LogP contribution in [0.3, 0.4) is 0 Å². The molecule has 0 atom stereocenters. The number of nitro benzene ring substituents is 1. The maximum Gasteiger partial charge on any atom is 0.269 e. The minimum atomic E-state index is -3.54. The van der Waals surface area contributed by atoms with Gasteiger partial charge in [-0.2, -0.15) is 4.31 Å². The van der Waals surface area contributed by atoms with Gasteiger partial charge in [-0.1, -0.05) is 0 Å². The number of hydrogen-bond acceptors (Lipinski definition) is 5. The monoisotopic (exact) mass is 297 g/mol. The third-order valence-electron chi connectivity index (χ3n) is 4.10. The molecule has 1 heterocycles. The van der Waals surface area contributed by atoms with Crippen LogP contribution in [0.15, 0.2) is 29.2 Å². The quantitative estimate of drug-likeness (QED) is 0.653. The lowest BCUT2D eigenvalue weighted by molar-refractivity contribution is -0.384. The van der Waals surface area contributed by atoms with Crippen molar-refractivity contribution >= 4 is 15.7 Å². The highest BCUT2D eigenvalue weighted by molar-refractivity contribution is 7.89. The number of non-ortho nitro benzene ring substituents is 1. The van der Waals surface area contributed by atoms with Crippen LogP contribution in [0.1, 0.15) is 12.8 Å². The molecule has 3 rings (SSSR count). The van der Waals surface area contributed by atoms with E-state index in [0.29, 0.717) is 13.1 Å². The van der Waals surface area contributed by atoms with Gasteiger partial charge in [-0.15, -0.1) is 0 Å². The molecule has 2 N–H and O–H groups in total. The van der Waals surface area contributed by atoms with Crippen LogP contribution in [0.25, 0.3) is 0 Å².